The van der Waals surface area contributed by atoms with Gasteiger partial charge in [-0.15, -0.1) is 0 Å². The van der Waals surface area contributed by atoms with Gasteiger partial charge in [0.1, 0.15) is 0 Å². The third kappa shape index (κ3) is 3.24. The van der Waals surface area contributed by atoms with Crippen LogP contribution in [0.3, 0.4) is 0 Å². The number of hydrogen-bond donors (Lipinski definition) is 0. The highest BCUT2D eigenvalue weighted by Crippen LogP contribution is 2.32. The Bertz CT molecular complexity index is 1340. The molecule has 0 radical (unpaired) electrons. The molecule has 3 aromatic heterocycles. The maximum absolute atomic E-state index is 13.3. The first-order valence-electron chi connectivity index (χ1n) is 10.7. The summed E-state index contributed by atoms with van der Waals surface area (Å²) in [6, 6.07) is 15.6. The molecule has 0 unspecified atom stereocenters. The molecule has 4 aromatic rings. The summed E-state index contributed by atoms with van der Waals surface area (Å²) in [7, 11) is 0. The molecule has 0 aliphatic heterocycles. The number of rotatable bonds is 3. The molecule has 1 aromatic carbocycles. The molecule has 0 bridgehead atoms. The van der Waals surface area contributed by atoms with Gasteiger partial charge in [-0.25, -0.2) is 4.98 Å². The van der Waals surface area contributed by atoms with Crippen molar-refractivity contribution in [2.75, 3.05) is 0 Å². The third-order valence-electron chi connectivity index (χ3n) is 6.46. The lowest BCUT2D eigenvalue weighted by atomic mass is 9.85. The first-order chi connectivity index (χ1) is 14.6. The summed E-state index contributed by atoms with van der Waals surface area (Å²) >= 11 is 0. The first kappa shape index (κ1) is 18.8. The monoisotopic (exact) mass is 399 g/mol. The van der Waals surface area contributed by atoms with E-state index in [1.165, 1.54) is 6.42 Å². The minimum absolute atomic E-state index is 0.0430. The van der Waals surface area contributed by atoms with Crippen LogP contribution in [0.15, 0.2) is 70.5 Å². The highest BCUT2D eigenvalue weighted by atomic mass is 16.1. The standard InChI is InChI=1S/C25H25N3O2/c1-17-7-5-6-10-23(17)28-14-12-22-20(25(28)30)15-19-21(26-22)11-13-27(24(19)29)16-18-8-3-2-4-9-18/h2-4,8-9,11-15,17,23H,5-7,10,16H2,1H3/t17-,23-/m0/s1. The molecule has 152 valence electrons. The molecule has 1 fully saturated rings. The summed E-state index contributed by atoms with van der Waals surface area (Å²) in [6.45, 7) is 2.72. The Hall–Kier alpha value is -3.21. The molecular formula is C25H25N3O2. The van der Waals surface area contributed by atoms with E-state index in [4.69, 9.17) is 0 Å². The van der Waals surface area contributed by atoms with Gasteiger partial charge in [-0.3, -0.25) is 9.59 Å². The van der Waals surface area contributed by atoms with Crippen LogP contribution in [-0.4, -0.2) is 14.1 Å². The lowest BCUT2D eigenvalue weighted by Crippen LogP contribution is -2.30. The van der Waals surface area contributed by atoms with Crippen LogP contribution in [0.25, 0.3) is 21.8 Å². The molecule has 1 aliphatic carbocycles. The Kier molecular flexibility index (Phi) is 4.74. The highest BCUT2D eigenvalue weighted by Gasteiger charge is 2.24. The van der Waals surface area contributed by atoms with Crippen molar-refractivity contribution in [3.8, 4) is 0 Å². The molecule has 2 atom stereocenters. The average molecular weight is 399 g/mol. The molecule has 0 amide bonds. The summed E-state index contributed by atoms with van der Waals surface area (Å²) in [4.78, 5) is 31.1. The zero-order valence-electron chi connectivity index (χ0n) is 17.1. The molecule has 0 spiro atoms. The van der Waals surface area contributed by atoms with E-state index in [1.54, 1.807) is 16.8 Å². The van der Waals surface area contributed by atoms with E-state index in [9.17, 15) is 9.59 Å². The van der Waals surface area contributed by atoms with E-state index in [0.29, 0.717) is 34.3 Å². The first-order valence-corrected chi connectivity index (χ1v) is 10.7. The van der Waals surface area contributed by atoms with Crippen LogP contribution >= 0.6 is 0 Å². The minimum atomic E-state index is -0.119. The summed E-state index contributed by atoms with van der Waals surface area (Å²) in [5, 5.41) is 1.02. The second-order valence-electron chi connectivity index (χ2n) is 8.45. The van der Waals surface area contributed by atoms with Crippen LogP contribution < -0.4 is 11.1 Å². The quantitative estimate of drug-likeness (QED) is 0.476. The third-order valence-corrected chi connectivity index (χ3v) is 6.46. The van der Waals surface area contributed by atoms with Crippen molar-refractivity contribution in [2.45, 2.75) is 45.2 Å². The Labute approximate surface area is 174 Å². The van der Waals surface area contributed by atoms with Gasteiger partial charge in [-0.2, -0.15) is 0 Å². The number of benzene rings is 1. The summed E-state index contributed by atoms with van der Waals surface area (Å²) in [5.74, 6) is 0.477. The van der Waals surface area contributed by atoms with Crippen LogP contribution in [-0.2, 0) is 6.54 Å². The topological polar surface area (TPSA) is 56.9 Å². The smallest absolute Gasteiger partial charge is 0.260 e. The number of nitrogens with zero attached hydrogens (tertiary/aromatic N) is 3. The van der Waals surface area contributed by atoms with Crippen LogP contribution in [0.4, 0.5) is 0 Å². The van der Waals surface area contributed by atoms with Gasteiger partial charge in [-0.1, -0.05) is 50.1 Å². The van der Waals surface area contributed by atoms with Gasteiger partial charge in [-0.05, 0) is 42.5 Å². The molecule has 0 N–H and O–H groups in total. The Morgan fingerprint density at radius 2 is 1.60 bits per heavy atom. The number of fused-ring (bicyclic) bond motifs is 2. The number of hydrogen-bond acceptors (Lipinski definition) is 3. The van der Waals surface area contributed by atoms with Crippen LogP contribution in [0, 0.1) is 5.92 Å². The number of pyridine rings is 3. The van der Waals surface area contributed by atoms with Gasteiger partial charge in [0.2, 0.25) is 0 Å². The van der Waals surface area contributed by atoms with E-state index in [2.05, 4.69) is 11.9 Å². The van der Waals surface area contributed by atoms with Gasteiger partial charge in [0, 0.05) is 18.4 Å². The molecule has 30 heavy (non-hydrogen) atoms. The largest absolute Gasteiger partial charge is 0.312 e. The maximum atomic E-state index is 13.3. The number of aromatic nitrogens is 3. The zero-order valence-corrected chi connectivity index (χ0v) is 17.1. The average Bonchev–Trinajstić information content (AvgIpc) is 2.77. The summed E-state index contributed by atoms with van der Waals surface area (Å²) < 4.78 is 3.54. The fraction of sp³-hybridized carbons (Fsp3) is 0.320. The lowest BCUT2D eigenvalue weighted by molar-refractivity contribution is 0.253. The fourth-order valence-electron chi connectivity index (χ4n) is 4.76. The normalized spacial score (nSPS) is 19.4. The van der Waals surface area contributed by atoms with Crippen LogP contribution in [0.5, 0.6) is 0 Å². The fourth-order valence-corrected chi connectivity index (χ4v) is 4.76. The van der Waals surface area contributed by atoms with Gasteiger partial charge in [0.05, 0.1) is 28.4 Å². The molecule has 5 heteroatoms. The Morgan fingerprint density at radius 1 is 0.900 bits per heavy atom. The minimum Gasteiger partial charge on any atom is -0.312 e. The predicted octanol–water partition coefficient (Wildman–Crippen LogP) is 4.51. The molecule has 3 heterocycles. The van der Waals surface area contributed by atoms with E-state index in [1.807, 2.05) is 53.2 Å². The van der Waals surface area contributed by atoms with Crippen molar-refractivity contribution in [1.82, 2.24) is 14.1 Å². The molecule has 0 saturated heterocycles. The van der Waals surface area contributed by atoms with E-state index in [-0.39, 0.29) is 17.2 Å². The summed E-state index contributed by atoms with van der Waals surface area (Å²) in [5.41, 5.74) is 2.17. The van der Waals surface area contributed by atoms with E-state index < -0.39 is 0 Å². The van der Waals surface area contributed by atoms with Crippen LogP contribution in [0.2, 0.25) is 0 Å². The Morgan fingerprint density at radius 3 is 2.37 bits per heavy atom. The highest BCUT2D eigenvalue weighted by molar-refractivity contribution is 5.91. The SMILES string of the molecule is C[C@H]1CCCC[C@@H]1n1ccc2nc3ccn(Cc4ccccc4)c(=O)c3cc2c1=O. The van der Waals surface area contributed by atoms with Crippen molar-refractivity contribution < 1.29 is 0 Å². The second-order valence-corrected chi connectivity index (χ2v) is 8.45. The predicted molar refractivity (Wildman–Crippen MR) is 120 cm³/mol. The lowest BCUT2D eigenvalue weighted by Gasteiger charge is -2.30. The Balaban J connectivity index is 1.64. The molecule has 5 rings (SSSR count). The second kappa shape index (κ2) is 7.56. The molecular weight excluding hydrogens is 374 g/mol. The van der Waals surface area contributed by atoms with Crippen molar-refractivity contribution in [2.24, 2.45) is 5.92 Å². The van der Waals surface area contributed by atoms with Gasteiger partial charge >= 0.3 is 0 Å². The van der Waals surface area contributed by atoms with Gasteiger partial charge in [0.15, 0.2) is 0 Å². The van der Waals surface area contributed by atoms with Crippen molar-refractivity contribution in [1.29, 1.82) is 0 Å². The van der Waals surface area contributed by atoms with Gasteiger partial charge < -0.3 is 9.13 Å². The van der Waals surface area contributed by atoms with E-state index >= 15 is 0 Å². The van der Waals surface area contributed by atoms with Crippen LogP contribution in [0.1, 0.15) is 44.2 Å². The van der Waals surface area contributed by atoms with Crippen molar-refractivity contribution >= 4 is 21.8 Å². The van der Waals surface area contributed by atoms with Crippen molar-refractivity contribution in [3.05, 3.63) is 87.2 Å². The molecule has 1 saturated carbocycles. The molecule has 5 nitrogen and oxygen atoms in total. The molecule has 1 aliphatic rings. The van der Waals surface area contributed by atoms with E-state index in [0.717, 1.165) is 24.8 Å². The van der Waals surface area contributed by atoms with Crippen molar-refractivity contribution in [3.63, 3.8) is 0 Å². The zero-order chi connectivity index (χ0) is 20.7. The van der Waals surface area contributed by atoms with Gasteiger partial charge in [0.25, 0.3) is 11.1 Å². The summed E-state index contributed by atoms with van der Waals surface area (Å²) in [6.07, 6.45) is 8.22. The maximum Gasteiger partial charge on any atom is 0.260 e.